The Morgan fingerprint density at radius 1 is 0.500 bits per heavy atom. The van der Waals surface area contributed by atoms with Crippen LogP contribution in [0.15, 0.2) is 0 Å². The molecule has 0 amide bonds. The Hall–Kier alpha value is 2.75. The molecule has 6 heavy (non-hydrogen) atoms. The quantitative estimate of drug-likeness (QED) is 0.322. The number of rotatable bonds is 0. The van der Waals surface area contributed by atoms with Crippen molar-refractivity contribution in [3.05, 3.63) is 14.9 Å². The number of hydrogen-bond donors (Lipinski definition) is 0. The molecule has 0 rings (SSSR count). The van der Waals surface area contributed by atoms with Crippen LogP contribution in [0.1, 0.15) is 0 Å². The SMILES string of the molecule is [CH3-].[CH3-].[W+2].[W].[W].[W]. The summed E-state index contributed by atoms with van der Waals surface area (Å²) in [5, 5.41) is 0. The molecule has 0 N–H and O–H groups in total. The molecule has 0 nitrogen and oxygen atoms in total. The summed E-state index contributed by atoms with van der Waals surface area (Å²) < 4.78 is 0. The summed E-state index contributed by atoms with van der Waals surface area (Å²) in [6.45, 7) is 0. The normalized spacial score (nSPS) is 0. The first-order chi connectivity index (χ1) is 0. The minimum absolute atomic E-state index is 0. The van der Waals surface area contributed by atoms with Crippen molar-refractivity contribution >= 4 is 0 Å². The average molecular weight is 765 g/mol. The van der Waals surface area contributed by atoms with Crippen LogP contribution in [-0.2, 0) is 84.3 Å². The molecule has 0 aromatic rings. The number of hydrogen-bond acceptors (Lipinski definition) is 0. The van der Waals surface area contributed by atoms with Crippen molar-refractivity contribution in [3.63, 3.8) is 0 Å². The van der Waals surface area contributed by atoms with Gasteiger partial charge in [0.25, 0.3) is 0 Å². The fourth-order valence-electron chi connectivity index (χ4n) is 0. The Labute approximate surface area is 97.7 Å². The van der Waals surface area contributed by atoms with Gasteiger partial charge in [0.2, 0.25) is 0 Å². The van der Waals surface area contributed by atoms with Crippen molar-refractivity contribution in [3.8, 4) is 0 Å². The van der Waals surface area contributed by atoms with Crippen LogP contribution >= 0.6 is 0 Å². The van der Waals surface area contributed by atoms with Crippen molar-refractivity contribution in [1.29, 1.82) is 0 Å². The van der Waals surface area contributed by atoms with Gasteiger partial charge >= 0.3 is 21.1 Å². The maximum atomic E-state index is 0. The predicted molar refractivity (Wildman–Crippen MR) is 12.8 cm³/mol. The summed E-state index contributed by atoms with van der Waals surface area (Å²) in [6.07, 6.45) is 0. The Morgan fingerprint density at radius 3 is 0.500 bits per heavy atom. The molecule has 0 saturated heterocycles. The van der Waals surface area contributed by atoms with Crippen molar-refractivity contribution in [2.24, 2.45) is 0 Å². The summed E-state index contributed by atoms with van der Waals surface area (Å²) in [5.41, 5.74) is 0. The van der Waals surface area contributed by atoms with E-state index >= 15 is 0 Å². The van der Waals surface area contributed by atoms with Crippen LogP contribution in [-0.4, -0.2) is 0 Å². The summed E-state index contributed by atoms with van der Waals surface area (Å²) in [6, 6.07) is 0. The standard InChI is InChI=1S/2CH3.4W/h2*1H3;;;;/q2*-1;;;;+2. The van der Waals surface area contributed by atoms with Crippen molar-refractivity contribution < 1.29 is 84.3 Å². The molecular weight excluding hydrogens is 759 g/mol. The van der Waals surface area contributed by atoms with Gasteiger partial charge in [0, 0.05) is 63.2 Å². The van der Waals surface area contributed by atoms with E-state index in [9.17, 15) is 0 Å². The van der Waals surface area contributed by atoms with E-state index in [2.05, 4.69) is 0 Å². The summed E-state index contributed by atoms with van der Waals surface area (Å²) in [7, 11) is 0. The fourth-order valence-corrected chi connectivity index (χ4v) is 0. The minimum atomic E-state index is 0. The Morgan fingerprint density at radius 2 is 0.500 bits per heavy atom. The van der Waals surface area contributed by atoms with Crippen LogP contribution in [0, 0.1) is 14.9 Å². The summed E-state index contributed by atoms with van der Waals surface area (Å²) >= 11 is 0. The van der Waals surface area contributed by atoms with Crippen molar-refractivity contribution in [1.82, 2.24) is 0 Å². The predicted octanol–water partition coefficient (Wildman–Crippen LogP) is 0.891. The van der Waals surface area contributed by atoms with E-state index in [1.54, 1.807) is 0 Å². The maximum Gasteiger partial charge on any atom is 2.00 e. The van der Waals surface area contributed by atoms with Gasteiger partial charge < -0.3 is 14.9 Å². The molecule has 0 aliphatic carbocycles. The van der Waals surface area contributed by atoms with E-state index in [4.69, 9.17) is 0 Å². The molecule has 0 heterocycles. The third-order valence-electron chi connectivity index (χ3n) is 0. The van der Waals surface area contributed by atoms with Crippen LogP contribution in [0.2, 0.25) is 0 Å². The van der Waals surface area contributed by atoms with Crippen molar-refractivity contribution in [2.45, 2.75) is 0 Å². The Kier molecular flexibility index (Phi) is 540. The molecule has 0 bridgehead atoms. The monoisotopic (exact) mass is 766 g/mol. The molecule has 0 fully saturated rings. The van der Waals surface area contributed by atoms with E-state index in [1.807, 2.05) is 0 Å². The molecule has 0 saturated carbocycles. The molecule has 0 atom stereocenters. The van der Waals surface area contributed by atoms with Gasteiger partial charge in [-0.15, -0.1) is 0 Å². The van der Waals surface area contributed by atoms with Gasteiger partial charge in [-0.25, -0.2) is 0 Å². The van der Waals surface area contributed by atoms with Gasteiger partial charge in [0.1, 0.15) is 0 Å². The molecule has 0 aliphatic rings. The maximum absolute atomic E-state index is 0. The van der Waals surface area contributed by atoms with Gasteiger partial charge in [0.05, 0.1) is 0 Å². The summed E-state index contributed by atoms with van der Waals surface area (Å²) in [5.74, 6) is 0. The molecule has 0 unspecified atom stereocenters. The van der Waals surface area contributed by atoms with Crippen LogP contribution in [0.5, 0.6) is 0 Å². The Balaban J connectivity index is 0. The van der Waals surface area contributed by atoms with Crippen LogP contribution in [0.4, 0.5) is 0 Å². The van der Waals surface area contributed by atoms with E-state index in [-0.39, 0.29) is 99.1 Å². The molecule has 0 aromatic heterocycles. The zero-order chi connectivity index (χ0) is 0. The van der Waals surface area contributed by atoms with E-state index in [0.29, 0.717) is 0 Å². The first-order valence-corrected chi connectivity index (χ1v) is 0. The van der Waals surface area contributed by atoms with Gasteiger partial charge in [-0.2, -0.15) is 0 Å². The van der Waals surface area contributed by atoms with Crippen LogP contribution in [0.3, 0.4) is 0 Å². The first-order valence-electron chi connectivity index (χ1n) is 0. The van der Waals surface area contributed by atoms with Gasteiger partial charge in [-0.05, 0) is 0 Å². The Bertz CT molecular complexity index is 5.51. The molecule has 4 heteroatoms. The van der Waals surface area contributed by atoms with Gasteiger partial charge in [-0.3, -0.25) is 0 Å². The smallest absolute Gasteiger partial charge is 0.358 e. The largest absolute Gasteiger partial charge is 2.00 e. The molecule has 0 aromatic carbocycles. The summed E-state index contributed by atoms with van der Waals surface area (Å²) in [4.78, 5) is 0. The van der Waals surface area contributed by atoms with Gasteiger partial charge in [-0.1, -0.05) is 0 Å². The molecular formula is C2H6W4. The molecule has 38 valence electrons. The molecule has 0 radical (unpaired) electrons. The third-order valence-corrected chi connectivity index (χ3v) is 0. The van der Waals surface area contributed by atoms with E-state index in [0.717, 1.165) is 0 Å². The zero-order valence-corrected chi connectivity index (χ0v) is 15.4. The molecule has 0 spiro atoms. The van der Waals surface area contributed by atoms with Crippen molar-refractivity contribution in [2.75, 3.05) is 0 Å². The first kappa shape index (κ1) is 69.4. The zero-order valence-electron chi connectivity index (χ0n) is 3.63. The second kappa shape index (κ2) is 46.6. The third kappa shape index (κ3) is 29.5. The van der Waals surface area contributed by atoms with E-state index in [1.165, 1.54) is 0 Å². The average Bonchev–Trinajstić information content (AvgIpc) is 0. The topological polar surface area (TPSA) is 0 Å². The second-order valence-corrected chi connectivity index (χ2v) is 0. The van der Waals surface area contributed by atoms with E-state index < -0.39 is 0 Å². The van der Waals surface area contributed by atoms with Gasteiger partial charge in [0.15, 0.2) is 0 Å². The second-order valence-electron chi connectivity index (χ2n) is 0. The minimum Gasteiger partial charge on any atom is -0.358 e. The van der Waals surface area contributed by atoms with Crippen LogP contribution in [0.25, 0.3) is 0 Å². The fraction of sp³-hybridized carbons (Fsp3) is 0. The molecule has 0 aliphatic heterocycles. The van der Waals surface area contributed by atoms with Crippen LogP contribution < -0.4 is 0 Å².